The van der Waals surface area contributed by atoms with Crippen molar-refractivity contribution in [3.05, 3.63) is 46.4 Å². The molecule has 1 aromatic carbocycles. The molecule has 2 aromatic rings. The molecular weight excluding hydrogens is 351 g/mol. The molecule has 1 aromatic heterocycles. The Morgan fingerprint density at radius 1 is 1.27 bits per heavy atom. The zero-order chi connectivity index (χ0) is 18.5. The third kappa shape index (κ3) is 4.59. The van der Waals surface area contributed by atoms with Crippen LogP contribution in [0.4, 0.5) is 4.39 Å². The normalized spacial score (nSPS) is 16.6. The van der Waals surface area contributed by atoms with Gasteiger partial charge in [0.1, 0.15) is 12.4 Å². The Bertz CT molecular complexity index is 725. The van der Waals surface area contributed by atoms with Gasteiger partial charge in [0.25, 0.3) is 0 Å². The highest BCUT2D eigenvalue weighted by atomic mass is 35.5. The summed E-state index contributed by atoms with van der Waals surface area (Å²) in [5.74, 6) is 1.06. The lowest BCUT2D eigenvalue weighted by molar-refractivity contribution is 0.208. The molecule has 0 amide bonds. The quantitative estimate of drug-likeness (QED) is 0.561. The molecule has 0 bridgehead atoms. The van der Waals surface area contributed by atoms with Crippen molar-refractivity contribution in [1.29, 1.82) is 0 Å². The van der Waals surface area contributed by atoms with Crippen molar-refractivity contribution in [1.82, 2.24) is 9.78 Å². The Hall–Kier alpha value is -1.55. The van der Waals surface area contributed by atoms with Crippen LogP contribution in [-0.4, -0.2) is 9.78 Å². The molecule has 5 heteroatoms. The molecular formula is C21H28ClFN2O. The summed E-state index contributed by atoms with van der Waals surface area (Å²) in [4.78, 5) is 0. The van der Waals surface area contributed by atoms with Crippen molar-refractivity contribution in [3.63, 3.8) is 0 Å². The highest BCUT2D eigenvalue weighted by molar-refractivity contribution is 6.30. The maximum atomic E-state index is 14.0. The van der Waals surface area contributed by atoms with Gasteiger partial charge in [0.2, 0.25) is 5.88 Å². The minimum absolute atomic E-state index is 0.154. The second kappa shape index (κ2) is 8.90. The number of ether oxygens (including phenoxy) is 1. The fourth-order valence-corrected chi connectivity index (χ4v) is 4.02. The predicted octanol–water partition coefficient (Wildman–Crippen LogP) is 6.35. The van der Waals surface area contributed by atoms with Gasteiger partial charge in [-0.15, -0.1) is 0 Å². The van der Waals surface area contributed by atoms with E-state index in [0.29, 0.717) is 22.5 Å². The number of benzene rings is 1. The second-order valence-electron chi connectivity index (χ2n) is 7.33. The lowest BCUT2D eigenvalue weighted by atomic mass is 9.85. The van der Waals surface area contributed by atoms with Crippen molar-refractivity contribution >= 4 is 11.6 Å². The summed E-state index contributed by atoms with van der Waals surface area (Å²) in [6.07, 6.45) is 8.37. The predicted molar refractivity (Wildman–Crippen MR) is 103 cm³/mol. The highest BCUT2D eigenvalue weighted by Gasteiger charge is 2.25. The Morgan fingerprint density at radius 3 is 2.77 bits per heavy atom. The summed E-state index contributed by atoms with van der Waals surface area (Å²) in [5, 5.41) is 5.31. The molecule has 0 N–H and O–H groups in total. The molecule has 1 heterocycles. The first-order valence-corrected chi connectivity index (χ1v) is 10.1. The molecule has 1 saturated carbocycles. The van der Waals surface area contributed by atoms with Crippen molar-refractivity contribution in [2.45, 2.75) is 71.4 Å². The molecule has 3 nitrogen and oxygen atoms in total. The molecule has 0 spiro atoms. The fourth-order valence-electron chi connectivity index (χ4n) is 3.82. The lowest BCUT2D eigenvalue weighted by Crippen LogP contribution is -2.21. The molecule has 1 aliphatic rings. The number of hydrogen-bond acceptors (Lipinski definition) is 2. The molecule has 1 aliphatic carbocycles. The average Bonchev–Trinajstić information content (AvgIpc) is 3.05. The third-order valence-corrected chi connectivity index (χ3v) is 5.59. The van der Waals surface area contributed by atoms with Crippen LogP contribution in [0.2, 0.25) is 5.02 Å². The molecule has 1 fully saturated rings. The van der Waals surface area contributed by atoms with E-state index in [2.05, 4.69) is 13.8 Å². The Balaban J connectivity index is 1.79. The maximum absolute atomic E-state index is 14.0. The van der Waals surface area contributed by atoms with Crippen LogP contribution >= 0.6 is 11.6 Å². The van der Waals surface area contributed by atoms with Crippen LogP contribution in [-0.2, 0) is 13.0 Å². The number of nitrogens with zero attached hydrogens (tertiary/aromatic N) is 2. The van der Waals surface area contributed by atoms with Crippen molar-refractivity contribution < 1.29 is 9.13 Å². The molecule has 1 atom stereocenters. The monoisotopic (exact) mass is 378 g/mol. The average molecular weight is 379 g/mol. The summed E-state index contributed by atoms with van der Waals surface area (Å²) >= 11 is 5.99. The van der Waals surface area contributed by atoms with E-state index in [1.54, 1.807) is 12.1 Å². The summed E-state index contributed by atoms with van der Waals surface area (Å²) in [5.41, 5.74) is 1.50. The van der Waals surface area contributed by atoms with Gasteiger partial charge in [-0.2, -0.15) is 5.10 Å². The van der Waals surface area contributed by atoms with Crippen molar-refractivity contribution in [3.8, 4) is 5.88 Å². The van der Waals surface area contributed by atoms with Gasteiger partial charge in [0.05, 0.1) is 11.7 Å². The van der Waals surface area contributed by atoms with Crippen LogP contribution in [0.3, 0.4) is 0 Å². The SMILES string of the molecule is CCCc1cc(OCc2cc(Cl)ccc2F)n(C(C)C2CCCCC2)n1. The molecule has 0 radical (unpaired) electrons. The van der Waals surface area contributed by atoms with Gasteiger partial charge in [-0.1, -0.05) is 44.2 Å². The maximum Gasteiger partial charge on any atom is 0.212 e. The van der Waals surface area contributed by atoms with Crippen LogP contribution in [0.1, 0.15) is 69.7 Å². The van der Waals surface area contributed by atoms with Gasteiger partial charge in [0.15, 0.2) is 0 Å². The van der Waals surface area contributed by atoms with Gasteiger partial charge < -0.3 is 4.74 Å². The molecule has 26 heavy (non-hydrogen) atoms. The second-order valence-corrected chi connectivity index (χ2v) is 7.77. The van der Waals surface area contributed by atoms with Crippen molar-refractivity contribution in [2.24, 2.45) is 5.92 Å². The van der Waals surface area contributed by atoms with Gasteiger partial charge in [-0.3, -0.25) is 0 Å². The van der Waals surface area contributed by atoms with Gasteiger partial charge in [-0.05, 0) is 50.3 Å². The third-order valence-electron chi connectivity index (χ3n) is 5.36. The smallest absolute Gasteiger partial charge is 0.212 e. The van der Waals surface area contributed by atoms with Crippen molar-refractivity contribution in [2.75, 3.05) is 0 Å². The Kier molecular flexibility index (Phi) is 6.58. The van der Waals surface area contributed by atoms with E-state index < -0.39 is 0 Å². The first-order valence-electron chi connectivity index (χ1n) is 9.73. The van der Waals surface area contributed by atoms with Gasteiger partial charge in [0, 0.05) is 16.7 Å². The number of aromatic nitrogens is 2. The Morgan fingerprint density at radius 2 is 2.04 bits per heavy atom. The summed E-state index contributed by atoms with van der Waals surface area (Å²) in [6.45, 7) is 4.53. The largest absolute Gasteiger partial charge is 0.473 e. The summed E-state index contributed by atoms with van der Waals surface area (Å²) < 4.78 is 22.0. The van der Waals surface area contributed by atoms with Crippen LogP contribution in [0.15, 0.2) is 24.3 Å². The van der Waals surface area contributed by atoms with Crippen LogP contribution in [0, 0.1) is 11.7 Å². The number of rotatable bonds is 7. The molecule has 0 saturated heterocycles. The molecule has 3 rings (SSSR count). The lowest BCUT2D eigenvalue weighted by Gasteiger charge is -2.28. The number of halogens is 2. The number of aryl methyl sites for hydroxylation is 1. The van der Waals surface area contributed by atoms with E-state index in [1.807, 2.05) is 10.7 Å². The minimum Gasteiger partial charge on any atom is -0.473 e. The molecule has 1 unspecified atom stereocenters. The first-order chi connectivity index (χ1) is 12.6. The standard InChI is InChI=1S/C21H28ClFN2O/c1-3-7-19-13-21(26-14-17-12-18(22)10-11-20(17)23)25(24-19)15(2)16-8-5-4-6-9-16/h10-13,15-16H,3-9,14H2,1-2H3. The topological polar surface area (TPSA) is 27.1 Å². The Labute approximate surface area is 160 Å². The zero-order valence-corrected chi connectivity index (χ0v) is 16.4. The van der Waals surface area contributed by atoms with E-state index in [-0.39, 0.29) is 12.4 Å². The summed E-state index contributed by atoms with van der Waals surface area (Å²) in [6, 6.07) is 6.85. The van der Waals surface area contributed by atoms with E-state index >= 15 is 0 Å². The van der Waals surface area contributed by atoms with E-state index in [9.17, 15) is 4.39 Å². The summed E-state index contributed by atoms with van der Waals surface area (Å²) in [7, 11) is 0. The van der Waals surface area contributed by atoms with Gasteiger partial charge >= 0.3 is 0 Å². The van der Waals surface area contributed by atoms with Crippen LogP contribution in [0.25, 0.3) is 0 Å². The molecule has 0 aliphatic heterocycles. The zero-order valence-electron chi connectivity index (χ0n) is 15.7. The van der Waals surface area contributed by atoms with Crippen LogP contribution < -0.4 is 4.74 Å². The minimum atomic E-state index is -0.297. The highest BCUT2D eigenvalue weighted by Crippen LogP contribution is 2.35. The number of hydrogen-bond donors (Lipinski definition) is 0. The van der Waals surface area contributed by atoms with E-state index in [1.165, 1.54) is 38.2 Å². The van der Waals surface area contributed by atoms with E-state index in [0.717, 1.165) is 24.4 Å². The fraction of sp³-hybridized carbons (Fsp3) is 0.571. The van der Waals surface area contributed by atoms with Gasteiger partial charge in [-0.25, -0.2) is 9.07 Å². The first kappa shape index (κ1) is 19.2. The molecule has 142 valence electrons. The van der Waals surface area contributed by atoms with Crippen LogP contribution in [0.5, 0.6) is 5.88 Å². The van der Waals surface area contributed by atoms with E-state index in [4.69, 9.17) is 21.4 Å².